The smallest absolute Gasteiger partial charge is 0.224 e. The first-order valence-corrected chi connectivity index (χ1v) is 8.65. The third kappa shape index (κ3) is 3.07. The van der Waals surface area contributed by atoms with Crippen molar-refractivity contribution < 1.29 is 0 Å². The fraction of sp³-hybridized carbons (Fsp3) is 0.105. The van der Waals surface area contributed by atoms with Gasteiger partial charge in [0.1, 0.15) is 5.52 Å². The summed E-state index contributed by atoms with van der Waals surface area (Å²) < 4.78 is 1.91. The van der Waals surface area contributed by atoms with E-state index >= 15 is 0 Å². The number of aromatic nitrogens is 4. The number of anilines is 2. The van der Waals surface area contributed by atoms with E-state index < -0.39 is 0 Å². The second-order valence-corrected chi connectivity index (χ2v) is 6.31. The summed E-state index contributed by atoms with van der Waals surface area (Å²) >= 11 is 5.84. The van der Waals surface area contributed by atoms with Crippen LogP contribution in [0.2, 0.25) is 0 Å². The van der Waals surface area contributed by atoms with Crippen molar-refractivity contribution in [3.05, 3.63) is 66.0 Å². The van der Waals surface area contributed by atoms with E-state index in [1.165, 1.54) is 0 Å². The van der Waals surface area contributed by atoms with Crippen molar-refractivity contribution in [3.63, 3.8) is 0 Å². The van der Waals surface area contributed by atoms with E-state index in [4.69, 9.17) is 23.1 Å². The summed E-state index contributed by atoms with van der Waals surface area (Å²) in [5, 5.41) is 0. The van der Waals surface area contributed by atoms with Gasteiger partial charge in [-0.2, -0.15) is 9.97 Å². The Morgan fingerprint density at radius 2 is 1.46 bits per heavy atom. The SMILES string of the molecule is Nc1nc(N)c2ncn(Cc3ccc(-c4ccc(CCl)cc4)cc3)c2n1. The number of hydrogen-bond acceptors (Lipinski definition) is 5. The summed E-state index contributed by atoms with van der Waals surface area (Å²) in [5.74, 6) is 0.964. The molecule has 4 N–H and O–H groups in total. The van der Waals surface area contributed by atoms with E-state index in [1.807, 2.05) is 16.7 Å². The van der Waals surface area contributed by atoms with Crippen LogP contribution in [-0.4, -0.2) is 19.5 Å². The van der Waals surface area contributed by atoms with Gasteiger partial charge in [0.05, 0.1) is 12.9 Å². The highest BCUT2D eigenvalue weighted by Crippen LogP contribution is 2.22. The first-order chi connectivity index (χ1) is 12.6. The van der Waals surface area contributed by atoms with Gasteiger partial charge in [-0.25, -0.2) is 4.98 Å². The monoisotopic (exact) mass is 364 g/mol. The van der Waals surface area contributed by atoms with E-state index in [1.54, 1.807) is 6.33 Å². The third-order valence-corrected chi connectivity index (χ3v) is 4.57. The Hall–Kier alpha value is -3.12. The second-order valence-electron chi connectivity index (χ2n) is 6.04. The fourth-order valence-electron chi connectivity index (χ4n) is 2.88. The summed E-state index contributed by atoms with van der Waals surface area (Å²) in [6, 6.07) is 16.6. The largest absolute Gasteiger partial charge is 0.382 e. The van der Waals surface area contributed by atoms with Crippen molar-refractivity contribution in [2.24, 2.45) is 0 Å². The normalized spacial score (nSPS) is 11.1. The van der Waals surface area contributed by atoms with Crippen molar-refractivity contribution >= 4 is 34.5 Å². The van der Waals surface area contributed by atoms with Gasteiger partial charge < -0.3 is 16.0 Å². The molecule has 0 saturated heterocycles. The van der Waals surface area contributed by atoms with E-state index in [9.17, 15) is 0 Å². The average molecular weight is 365 g/mol. The first kappa shape index (κ1) is 16.4. The van der Waals surface area contributed by atoms with Crippen LogP contribution in [0.4, 0.5) is 11.8 Å². The average Bonchev–Trinajstić information content (AvgIpc) is 3.05. The lowest BCUT2D eigenvalue weighted by atomic mass is 10.0. The lowest BCUT2D eigenvalue weighted by Crippen LogP contribution is -2.04. The molecule has 0 bridgehead atoms. The lowest BCUT2D eigenvalue weighted by molar-refractivity contribution is 0.814. The predicted molar refractivity (Wildman–Crippen MR) is 105 cm³/mol. The number of benzene rings is 2. The van der Waals surface area contributed by atoms with E-state index in [0.29, 0.717) is 29.4 Å². The van der Waals surface area contributed by atoms with Crippen LogP contribution >= 0.6 is 11.6 Å². The van der Waals surface area contributed by atoms with Gasteiger partial charge in [0.15, 0.2) is 11.5 Å². The molecule has 0 spiro atoms. The Bertz CT molecular complexity index is 1050. The summed E-state index contributed by atoms with van der Waals surface area (Å²) in [4.78, 5) is 12.5. The van der Waals surface area contributed by atoms with E-state index in [-0.39, 0.29) is 5.95 Å². The lowest BCUT2D eigenvalue weighted by Gasteiger charge is -2.07. The van der Waals surface area contributed by atoms with Crippen LogP contribution in [0.1, 0.15) is 11.1 Å². The van der Waals surface area contributed by atoms with Gasteiger partial charge in [-0.1, -0.05) is 48.5 Å². The molecule has 4 aromatic rings. The maximum atomic E-state index is 5.85. The number of imidazole rings is 1. The highest BCUT2D eigenvalue weighted by atomic mass is 35.5. The molecule has 0 saturated carbocycles. The summed E-state index contributed by atoms with van der Waals surface area (Å²) in [5.41, 5.74) is 17.3. The van der Waals surface area contributed by atoms with Crippen molar-refractivity contribution in [2.45, 2.75) is 12.4 Å². The number of nitrogens with two attached hydrogens (primary N) is 2. The number of nitrogens with zero attached hydrogens (tertiary/aromatic N) is 4. The Balaban J connectivity index is 1.59. The van der Waals surface area contributed by atoms with Crippen LogP contribution in [0.15, 0.2) is 54.9 Å². The maximum Gasteiger partial charge on any atom is 0.224 e. The minimum atomic E-state index is 0.146. The maximum absolute atomic E-state index is 5.85. The van der Waals surface area contributed by atoms with Crippen LogP contribution < -0.4 is 11.5 Å². The molecule has 0 aliphatic rings. The number of hydrogen-bond donors (Lipinski definition) is 2. The molecular formula is C19H17ClN6. The van der Waals surface area contributed by atoms with Crippen LogP contribution in [0.25, 0.3) is 22.3 Å². The van der Waals surface area contributed by atoms with Crippen molar-refractivity contribution in [3.8, 4) is 11.1 Å². The highest BCUT2D eigenvalue weighted by Gasteiger charge is 2.10. The summed E-state index contributed by atoms with van der Waals surface area (Å²) in [6.45, 7) is 0.623. The molecule has 130 valence electrons. The summed E-state index contributed by atoms with van der Waals surface area (Å²) in [7, 11) is 0. The number of fused-ring (bicyclic) bond motifs is 1. The summed E-state index contributed by atoms with van der Waals surface area (Å²) in [6.07, 6.45) is 1.70. The van der Waals surface area contributed by atoms with Crippen LogP contribution in [0.3, 0.4) is 0 Å². The number of alkyl halides is 1. The molecule has 0 atom stereocenters. The van der Waals surface area contributed by atoms with Gasteiger partial charge in [-0.15, -0.1) is 11.6 Å². The molecule has 0 amide bonds. The molecule has 2 heterocycles. The third-order valence-electron chi connectivity index (χ3n) is 4.26. The van der Waals surface area contributed by atoms with E-state index in [2.05, 4.69) is 51.4 Å². The Morgan fingerprint density at radius 3 is 2.08 bits per heavy atom. The van der Waals surface area contributed by atoms with Gasteiger partial charge in [-0.05, 0) is 22.3 Å². The zero-order chi connectivity index (χ0) is 18.1. The predicted octanol–water partition coefficient (Wildman–Crippen LogP) is 3.44. The van der Waals surface area contributed by atoms with Gasteiger partial charge in [-0.3, -0.25) is 0 Å². The van der Waals surface area contributed by atoms with Crippen molar-refractivity contribution in [1.29, 1.82) is 0 Å². The van der Waals surface area contributed by atoms with Gasteiger partial charge in [0, 0.05) is 5.88 Å². The molecular weight excluding hydrogens is 348 g/mol. The minimum absolute atomic E-state index is 0.146. The number of rotatable bonds is 4. The first-order valence-electron chi connectivity index (χ1n) is 8.12. The standard InChI is InChI=1S/C19H17ClN6/c20-9-12-1-5-14(6-2-12)15-7-3-13(4-8-15)10-26-11-23-16-17(21)24-19(22)25-18(16)26/h1-8,11H,9-10H2,(H4,21,22,24,25). The molecule has 6 nitrogen and oxygen atoms in total. The zero-order valence-electron chi connectivity index (χ0n) is 13.9. The molecule has 2 aromatic heterocycles. The van der Waals surface area contributed by atoms with Gasteiger partial charge in [0.25, 0.3) is 0 Å². The molecule has 7 heteroatoms. The topological polar surface area (TPSA) is 95.6 Å². The minimum Gasteiger partial charge on any atom is -0.382 e. The number of halogens is 1. The second kappa shape index (κ2) is 6.65. The molecule has 2 aromatic carbocycles. The Morgan fingerprint density at radius 1 is 0.846 bits per heavy atom. The van der Waals surface area contributed by atoms with Crippen LogP contribution in [0, 0.1) is 0 Å². The molecule has 4 rings (SSSR count). The molecule has 0 aliphatic carbocycles. The molecule has 0 aliphatic heterocycles. The Kier molecular flexibility index (Phi) is 4.18. The fourth-order valence-corrected chi connectivity index (χ4v) is 3.06. The highest BCUT2D eigenvalue weighted by molar-refractivity contribution is 6.17. The molecule has 26 heavy (non-hydrogen) atoms. The quantitative estimate of drug-likeness (QED) is 0.541. The number of nitrogen functional groups attached to an aromatic ring is 2. The van der Waals surface area contributed by atoms with Crippen molar-refractivity contribution in [1.82, 2.24) is 19.5 Å². The van der Waals surface area contributed by atoms with Crippen molar-refractivity contribution in [2.75, 3.05) is 11.5 Å². The van der Waals surface area contributed by atoms with Gasteiger partial charge in [0.2, 0.25) is 5.95 Å². The van der Waals surface area contributed by atoms with Gasteiger partial charge >= 0.3 is 0 Å². The van der Waals surface area contributed by atoms with Crippen LogP contribution in [0.5, 0.6) is 0 Å². The molecule has 0 fully saturated rings. The molecule has 0 unspecified atom stereocenters. The van der Waals surface area contributed by atoms with E-state index in [0.717, 1.165) is 22.3 Å². The van der Waals surface area contributed by atoms with Crippen LogP contribution in [-0.2, 0) is 12.4 Å². The zero-order valence-corrected chi connectivity index (χ0v) is 14.7. The molecule has 0 radical (unpaired) electrons. The Labute approximate surface area is 155 Å².